The quantitative estimate of drug-likeness (QED) is 0.0277. The van der Waals surface area contributed by atoms with E-state index in [-0.39, 0.29) is 0 Å². The van der Waals surface area contributed by atoms with E-state index in [2.05, 4.69) is 31.9 Å². The molecule has 11 rings (SSSR count). The average molecular weight is 2030 g/mol. The fourth-order valence-electron chi connectivity index (χ4n) is 18.0. The molecule has 0 aliphatic carbocycles. The van der Waals surface area contributed by atoms with Crippen molar-refractivity contribution in [2.75, 3.05) is 66.1 Å². The molecular formula is C78H130N6O55. The lowest BCUT2D eigenvalue weighted by Crippen LogP contribution is -2.71. The second kappa shape index (κ2) is 50.0. The molecule has 139 heavy (non-hydrogen) atoms. The highest BCUT2D eigenvalue weighted by Crippen LogP contribution is 2.42. The van der Waals surface area contributed by atoms with Gasteiger partial charge in [-0.15, -0.1) is 0 Å². The molecule has 61 heteroatoms. The van der Waals surface area contributed by atoms with E-state index in [0.29, 0.717) is 0 Å². The Morgan fingerprint density at radius 2 is 0.460 bits per heavy atom. The minimum Gasteiger partial charge on any atom is -0.394 e. The predicted octanol–water partition coefficient (Wildman–Crippen LogP) is -23.1. The van der Waals surface area contributed by atoms with Crippen molar-refractivity contribution in [2.24, 2.45) is 0 Å². The molecular weight excluding hydrogens is 1900 g/mol. The van der Waals surface area contributed by atoms with Gasteiger partial charge in [0, 0.05) is 41.5 Å². The van der Waals surface area contributed by atoms with Gasteiger partial charge in [-0.1, -0.05) is 0 Å². The number of carbonyl (C=O) groups is 6. The number of carbonyl (C=O) groups excluding carboxylic acids is 6. The Labute approximate surface area is 788 Å². The second-order valence-corrected chi connectivity index (χ2v) is 35.3. The maximum atomic E-state index is 13.5. The van der Waals surface area contributed by atoms with Gasteiger partial charge in [-0.3, -0.25) is 28.8 Å². The molecule has 0 aromatic rings. The third-order valence-corrected chi connectivity index (χ3v) is 25.3. The molecule has 0 bridgehead atoms. The van der Waals surface area contributed by atoms with Crippen molar-refractivity contribution in [3.63, 3.8) is 0 Å². The highest BCUT2D eigenvalue weighted by molar-refractivity contribution is 5.75. The SMILES string of the molecule is CC(=O)N[C@@H]1[C@@H](O)[C@H](O[C@@H]2O[C@H](CO)[C@@H](O[C@@H]3O[C@H](CO[C@H]4O[C@H](CO[C@@H]5O[C@H](CO)[C@@H](O)[C@H](O)[C@H]5NC(C)=O)[C@@H](O)[C@H](O)[C@@H]4O[C@@H]4O[C@H](CO)[C@@H](O)[C@H](O)[C@H]4NC(C)=O)[C@@H](O)[C@H](O[C@H]4O[C@H](CO)[C@@H](O[C@@H]5O[C@H](CO)[C@@H](O)[C@H](O)[C@H]5NC(C)=O)[C@H](O)[C@@H]4O[C@@H]4O[C@H](CO)[C@@H](O[C@@H]5O[C@H](CO)[C@H](O)[C@H](O)[C@H]5O)[C@H](O)[C@H]4NC(C)=O)[C@@H]3O)[C@H](O)[C@H]2NC(C)=O)[C@@H](CO[C@@H]2O[C@@H](C)[C@@H](O)[C@@H](O)[C@@H]2O)O[C@H]1O. The maximum Gasteiger partial charge on any atom is 0.217 e. The van der Waals surface area contributed by atoms with Crippen LogP contribution in [0.4, 0.5) is 0 Å². The lowest BCUT2D eigenvalue weighted by atomic mass is 9.93. The summed E-state index contributed by atoms with van der Waals surface area (Å²) in [5.74, 6) is -5.69. The molecule has 34 N–H and O–H groups in total. The molecule has 11 aliphatic heterocycles. The monoisotopic (exact) mass is 2030 g/mol. The summed E-state index contributed by atoms with van der Waals surface area (Å²) in [6.07, 6.45) is -105. The van der Waals surface area contributed by atoms with Gasteiger partial charge in [-0.05, 0) is 6.92 Å². The average Bonchev–Trinajstić information content (AvgIpc) is 0.769. The highest BCUT2D eigenvalue weighted by Gasteiger charge is 2.63. The summed E-state index contributed by atoms with van der Waals surface area (Å²) in [5, 5.41) is 333. The molecule has 11 aliphatic rings. The number of nitrogens with one attached hydrogen (secondary N) is 6. The van der Waals surface area contributed by atoms with Crippen LogP contribution >= 0.6 is 0 Å². The Morgan fingerprint density at radius 1 is 0.201 bits per heavy atom. The summed E-state index contributed by atoms with van der Waals surface area (Å²) in [4.78, 5) is 77.6. The van der Waals surface area contributed by atoms with Gasteiger partial charge in [0.15, 0.2) is 69.2 Å². The fraction of sp³-hybridized carbons (Fsp3) is 0.923. The molecule has 0 aromatic carbocycles. The van der Waals surface area contributed by atoms with Crippen LogP contribution in [-0.2, 0) is 128 Å². The lowest BCUT2D eigenvalue weighted by molar-refractivity contribution is -0.405. The topological polar surface area (TPSA) is 935 Å². The van der Waals surface area contributed by atoms with Gasteiger partial charge in [0.25, 0.3) is 0 Å². The van der Waals surface area contributed by atoms with Crippen LogP contribution in [0.15, 0.2) is 0 Å². The van der Waals surface area contributed by atoms with E-state index in [1.807, 2.05) is 0 Å². The zero-order valence-electron chi connectivity index (χ0n) is 75.4. The van der Waals surface area contributed by atoms with Gasteiger partial charge in [-0.25, -0.2) is 0 Å². The number of hydrogen-bond acceptors (Lipinski definition) is 55. The van der Waals surface area contributed by atoms with Crippen LogP contribution in [0.25, 0.3) is 0 Å². The third-order valence-electron chi connectivity index (χ3n) is 25.3. The molecule has 11 heterocycles. The molecule has 0 spiro atoms. The van der Waals surface area contributed by atoms with Gasteiger partial charge in [0.1, 0.15) is 262 Å². The Kier molecular flexibility index (Phi) is 41.1. The van der Waals surface area contributed by atoms with E-state index in [1.54, 1.807) is 0 Å². The smallest absolute Gasteiger partial charge is 0.217 e. The number of aliphatic hydroxyl groups is 28. The predicted molar refractivity (Wildman–Crippen MR) is 430 cm³/mol. The minimum atomic E-state index is -2.78. The van der Waals surface area contributed by atoms with E-state index in [4.69, 9.17) is 99.5 Å². The first-order valence-corrected chi connectivity index (χ1v) is 44.5. The van der Waals surface area contributed by atoms with E-state index in [1.165, 1.54) is 6.92 Å². The summed E-state index contributed by atoms with van der Waals surface area (Å²) >= 11 is 0. The van der Waals surface area contributed by atoms with Crippen LogP contribution in [-0.4, -0.2) is 582 Å². The van der Waals surface area contributed by atoms with Crippen molar-refractivity contribution in [1.29, 1.82) is 0 Å². The zero-order chi connectivity index (χ0) is 102. The Bertz CT molecular complexity index is 3900. The van der Waals surface area contributed by atoms with E-state index < -0.39 is 439 Å². The molecule has 802 valence electrons. The van der Waals surface area contributed by atoms with Crippen LogP contribution in [0.5, 0.6) is 0 Å². The van der Waals surface area contributed by atoms with Crippen LogP contribution < -0.4 is 31.9 Å². The number of rotatable bonds is 36. The molecule has 6 amide bonds. The van der Waals surface area contributed by atoms with Crippen molar-refractivity contribution in [2.45, 2.75) is 386 Å². The lowest BCUT2D eigenvalue weighted by Gasteiger charge is -2.52. The number of aliphatic hydroxyl groups excluding tert-OH is 28. The van der Waals surface area contributed by atoms with Gasteiger partial charge < -0.3 is 274 Å². The van der Waals surface area contributed by atoms with Gasteiger partial charge >= 0.3 is 0 Å². The molecule has 0 radical (unpaired) electrons. The van der Waals surface area contributed by atoms with Crippen molar-refractivity contribution in [3.05, 3.63) is 0 Å². The largest absolute Gasteiger partial charge is 0.394 e. The van der Waals surface area contributed by atoms with Gasteiger partial charge in [-0.2, -0.15) is 0 Å². The molecule has 11 saturated heterocycles. The first kappa shape index (κ1) is 114. The number of hydrogen-bond donors (Lipinski definition) is 34. The van der Waals surface area contributed by atoms with Crippen LogP contribution in [0.1, 0.15) is 48.5 Å². The molecule has 0 aromatic heterocycles. The maximum absolute atomic E-state index is 13.5. The minimum absolute atomic E-state index is 0.841. The van der Waals surface area contributed by atoms with Crippen molar-refractivity contribution in [3.8, 4) is 0 Å². The van der Waals surface area contributed by atoms with Crippen LogP contribution in [0.3, 0.4) is 0 Å². The summed E-state index contributed by atoms with van der Waals surface area (Å²) < 4.78 is 127. The summed E-state index contributed by atoms with van der Waals surface area (Å²) in [6, 6.07) is -11.5. The fourth-order valence-corrected chi connectivity index (χ4v) is 18.0. The molecule has 0 saturated carbocycles. The zero-order valence-corrected chi connectivity index (χ0v) is 75.4. The summed E-state index contributed by atoms with van der Waals surface area (Å²) in [7, 11) is 0. The van der Waals surface area contributed by atoms with E-state index >= 15 is 0 Å². The second-order valence-electron chi connectivity index (χ2n) is 35.3. The highest BCUT2D eigenvalue weighted by atomic mass is 16.8. The number of ether oxygens (including phenoxy) is 21. The Hall–Kier alpha value is -5.14. The van der Waals surface area contributed by atoms with Crippen molar-refractivity contribution < 1.29 is 271 Å². The summed E-state index contributed by atoms with van der Waals surface area (Å²) in [6.45, 7) is -4.57. The van der Waals surface area contributed by atoms with Gasteiger partial charge in [0.2, 0.25) is 35.4 Å². The molecule has 0 unspecified atom stereocenters. The van der Waals surface area contributed by atoms with Gasteiger partial charge in [0.05, 0.1) is 72.2 Å². The molecule has 11 fully saturated rings. The first-order chi connectivity index (χ1) is 65.6. The van der Waals surface area contributed by atoms with E-state index in [0.717, 1.165) is 41.5 Å². The Morgan fingerprint density at radius 3 is 0.885 bits per heavy atom. The Balaban J connectivity index is 1.00. The molecule has 61 nitrogen and oxygen atoms in total. The van der Waals surface area contributed by atoms with Crippen LogP contribution in [0, 0.1) is 0 Å². The first-order valence-electron chi connectivity index (χ1n) is 44.5. The van der Waals surface area contributed by atoms with E-state index in [9.17, 15) is 172 Å². The normalized spacial score (nSPS) is 48.3. The number of amides is 6. The third kappa shape index (κ3) is 26.0. The summed E-state index contributed by atoms with van der Waals surface area (Å²) in [5.41, 5.74) is 0. The van der Waals surface area contributed by atoms with Crippen molar-refractivity contribution >= 4 is 35.4 Å². The van der Waals surface area contributed by atoms with Crippen LogP contribution in [0.2, 0.25) is 0 Å². The van der Waals surface area contributed by atoms with Crippen molar-refractivity contribution in [1.82, 2.24) is 31.9 Å². The standard InChI is InChI=1S/C78H130N6O55/c1-18-41(98)54(111)57(114)74(122-18)120-17-34-64(51(108)35(68(118)123-34)79-19(2)92)134-72-39(83-23(6)96)52(109)62(30(13-90)128-72)136-76-60(117)65(47(104)33(131-76)16-121-77-66(138-71-38(82-22(5)95)50(107)44(101)27(10-87)126-71)56(113)46(103)32(132-77)15-119-69-36(80-20(3)93)48(105)42(99)25(8-85)124-69)137-78-67(59(116)63(31(14-91)130-78)133-70-37(81-21(4)94)49(106)43(100)26(9-86)125-70)139-73-40(84-24(7)97)53(110)61(29(12-89)129-73)135-75-58(115)55(112)45(102)28(11-88)127-75/h18,25-78,85-91,98-118H,8-17H2,1-7H3,(H,79,92)(H,80,93)(H,81,94)(H,82,95)(H,83,96)(H,84,97)/t18-,25+,26+,27+,28+,29+,30+,31+,32+,33+,34+,35+,36+,37+,38+,39+,40+,41+,42+,43+,44+,45-,46+,47+,48+,49+,50+,51+,52+,53+,54+,55-,56-,57-,58+,59-,60-,61+,62+,63+,64+,65-,66-,67-,68+,69+,70-,71-,72-,73-,74+,75-,76-,77-,78+/m0/s1. The molecule has 55 atom stereocenters.